The molecule has 0 amide bonds. The Morgan fingerprint density at radius 1 is 1.43 bits per heavy atom. The molecule has 0 radical (unpaired) electrons. The maximum Gasteiger partial charge on any atom is 0.191 e. The van der Waals surface area contributed by atoms with Crippen molar-refractivity contribution in [2.75, 3.05) is 6.54 Å². The molecule has 1 saturated carbocycles. The van der Waals surface area contributed by atoms with Gasteiger partial charge in [-0.2, -0.15) is 0 Å². The Morgan fingerprint density at radius 3 is 2.95 bits per heavy atom. The molecule has 2 N–H and O–H groups in total. The molecule has 0 bridgehead atoms. The highest BCUT2D eigenvalue weighted by molar-refractivity contribution is 5.80. The topological polar surface area (TPSA) is 62.5 Å². The monoisotopic (exact) mass is 292 g/mol. The summed E-state index contributed by atoms with van der Waals surface area (Å²) in [5.74, 6) is 2.51. The largest absolute Gasteiger partial charge is 0.359 e. The van der Waals surface area contributed by atoms with Gasteiger partial charge in [0.2, 0.25) is 0 Å². The Kier molecular flexibility index (Phi) is 6.08. The summed E-state index contributed by atoms with van der Waals surface area (Å²) in [7, 11) is 0. The van der Waals surface area contributed by atoms with Crippen molar-refractivity contribution in [3.05, 3.63) is 17.5 Å². The molecule has 1 aromatic heterocycles. The molecule has 1 aromatic rings. The first kappa shape index (κ1) is 15.9. The number of rotatable bonds is 5. The van der Waals surface area contributed by atoms with E-state index >= 15 is 0 Å². The maximum absolute atomic E-state index is 5.28. The van der Waals surface area contributed by atoms with E-state index in [2.05, 4.69) is 41.6 Å². The predicted octanol–water partition coefficient (Wildman–Crippen LogP) is 2.87. The number of nitrogens with one attached hydrogen (secondary N) is 2. The van der Waals surface area contributed by atoms with Crippen molar-refractivity contribution in [2.24, 2.45) is 10.9 Å². The van der Waals surface area contributed by atoms with Gasteiger partial charge >= 0.3 is 0 Å². The van der Waals surface area contributed by atoms with Crippen LogP contribution in [-0.4, -0.2) is 23.7 Å². The molecule has 0 spiro atoms. The van der Waals surface area contributed by atoms with Crippen LogP contribution in [0.1, 0.15) is 57.9 Å². The van der Waals surface area contributed by atoms with Crippen LogP contribution in [-0.2, 0) is 13.0 Å². The summed E-state index contributed by atoms with van der Waals surface area (Å²) in [6.07, 6.45) is 6.01. The van der Waals surface area contributed by atoms with Crippen molar-refractivity contribution in [2.45, 2.75) is 65.5 Å². The Hall–Kier alpha value is -1.52. The zero-order valence-corrected chi connectivity index (χ0v) is 13.5. The molecule has 1 heterocycles. The summed E-state index contributed by atoms with van der Waals surface area (Å²) in [5, 5.41) is 10.9. The first-order valence-corrected chi connectivity index (χ1v) is 8.20. The lowest BCUT2D eigenvalue weighted by Crippen LogP contribution is -2.45. The van der Waals surface area contributed by atoms with Crippen LogP contribution in [0, 0.1) is 5.92 Å². The van der Waals surface area contributed by atoms with Crippen molar-refractivity contribution < 1.29 is 4.52 Å². The molecular formula is C16H28N4O. The lowest BCUT2D eigenvalue weighted by atomic mass is 9.87. The highest BCUT2D eigenvalue weighted by Crippen LogP contribution is 2.23. The van der Waals surface area contributed by atoms with Crippen molar-refractivity contribution in [1.29, 1.82) is 0 Å². The molecule has 1 aliphatic rings. The molecule has 2 rings (SSSR count). The molecule has 5 nitrogen and oxygen atoms in total. The van der Waals surface area contributed by atoms with E-state index in [1.807, 2.05) is 6.07 Å². The van der Waals surface area contributed by atoms with E-state index < -0.39 is 0 Å². The number of hydrogen-bond donors (Lipinski definition) is 2. The maximum atomic E-state index is 5.28. The number of aliphatic imine (C=N–C) groups is 1. The van der Waals surface area contributed by atoms with Crippen LogP contribution < -0.4 is 10.6 Å². The summed E-state index contributed by atoms with van der Waals surface area (Å²) < 4.78 is 5.28. The summed E-state index contributed by atoms with van der Waals surface area (Å²) in [6, 6.07) is 2.52. The molecule has 118 valence electrons. The number of nitrogens with zero attached hydrogens (tertiary/aromatic N) is 2. The predicted molar refractivity (Wildman–Crippen MR) is 85.3 cm³/mol. The smallest absolute Gasteiger partial charge is 0.191 e. The first-order chi connectivity index (χ1) is 10.2. The number of guanidine groups is 1. The molecule has 5 heteroatoms. The van der Waals surface area contributed by atoms with Crippen molar-refractivity contribution in [3.8, 4) is 0 Å². The highest BCUT2D eigenvalue weighted by Gasteiger charge is 2.19. The third-order valence-corrected chi connectivity index (χ3v) is 3.98. The number of aromatic nitrogens is 1. The van der Waals surface area contributed by atoms with Gasteiger partial charge in [-0.05, 0) is 32.1 Å². The van der Waals surface area contributed by atoms with E-state index in [-0.39, 0.29) is 0 Å². The minimum Gasteiger partial charge on any atom is -0.359 e. The third kappa shape index (κ3) is 5.06. The van der Waals surface area contributed by atoms with E-state index in [0.29, 0.717) is 12.6 Å². The molecule has 2 unspecified atom stereocenters. The van der Waals surface area contributed by atoms with Gasteiger partial charge in [0.1, 0.15) is 6.54 Å². The van der Waals surface area contributed by atoms with Crippen LogP contribution in [0.3, 0.4) is 0 Å². The second-order valence-corrected chi connectivity index (χ2v) is 5.95. The van der Waals surface area contributed by atoms with Crippen LogP contribution >= 0.6 is 0 Å². The number of hydrogen-bond acceptors (Lipinski definition) is 3. The first-order valence-electron chi connectivity index (χ1n) is 8.20. The second-order valence-electron chi connectivity index (χ2n) is 5.95. The average Bonchev–Trinajstić information content (AvgIpc) is 2.93. The zero-order chi connectivity index (χ0) is 15.1. The summed E-state index contributed by atoms with van der Waals surface area (Å²) >= 11 is 0. The van der Waals surface area contributed by atoms with Gasteiger partial charge in [-0.3, -0.25) is 0 Å². The molecular weight excluding hydrogens is 264 g/mol. The SMILES string of the molecule is CCNC(=NCc1cc(CC)no1)NC1CCCC(C)C1. The fourth-order valence-corrected chi connectivity index (χ4v) is 2.83. The molecule has 1 aliphatic carbocycles. The Morgan fingerprint density at radius 2 is 2.29 bits per heavy atom. The van der Waals surface area contributed by atoms with E-state index in [9.17, 15) is 0 Å². The van der Waals surface area contributed by atoms with E-state index in [0.717, 1.165) is 36.3 Å². The average molecular weight is 292 g/mol. The molecule has 21 heavy (non-hydrogen) atoms. The van der Waals surface area contributed by atoms with Crippen molar-refractivity contribution >= 4 is 5.96 Å². The molecule has 0 saturated heterocycles. The zero-order valence-electron chi connectivity index (χ0n) is 13.5. The minimum atomic E-state index is 0.532. The van der Waals surface area contributed by atoms with E-state index in [1.54, 1.807) is 0 Å². The quantitative estimate of drug-likeness (QED) is 0.647. The van der Waals surface area contributed by atoms with Gasteiger partial charge in [0, 0.05) is 18.7 Å². The van der Waals surface area contributed by atoms with Crippen molar-refractivity contribution in [1.82, 2.24) is 15.8 Å². The molecule has 0 aromatic carbocycles. The van der Waals surface area contributed by atoms with Gasteiger partial charge in [-0.15, -0.1) is 0 Å². The fourth-order valence-electron chi connectivity index (χ4n) is 2.83. The van der Waals surface area contributed by atoms with Gasteiger partial charge in [0.15, 0.2) is 11.7 Å². The third-order valence-electron chi connectivity index (χ3n) is 3.98. The standard InChI is InChI=1S/C16H28N4O/c1-4-13-10-15(21-20-13)11-18-16(17-5-2)19-14-8-6-7-12(3)9-14/h10,12,14H,4-9,11H2,1-3H3,(H2,17,18,19). The molecule has 0 aliphatic heterocycles. The van der Waals surface area contributed by atoms with Crippen LogP contribution in [0.4, 0.5) is 0 Å². The van der Waals surface area contributed by atoms with Crippen LogP contribution in [0.5, 0.6) is 0 Å². The lowest BCUT2D eigenvalue weighted by Gasteiger charge is -2.28. The van der Waals surface area contributed by atoms with Gasteiger partial charge in [0.25, 0.3) is 0 Å². The van der Waals surface area contributed by atoms with Gasteiger partial charge in [0.05, 0.1) is 5.69 Å². The molecule has 2 atom stereocenters. The van der Waals surface area contributed by atoms with Crippen LogP contribution in [0.25, 0.3) is 0 Å². The second kappa shape index (κ2) is 8.05. The fraction of sp³-hybridized carbons (Fsp3) is 0.750. The van der Waals surface area contributed by atoms with Gasteiger partial charge < -0.3 is 15.2 Å². The van der Waals surface area contributed by atoms with Gasteiger partial charge in [-0.25, -0.2) is 4.99 Å². The van der Waals surface area contributed by atoms with E-state index in [4.69, 9.17) is 4.52 Å². The Bertz CT molecular complexity index is 455. The molecule has 1 fully saturated rings. The van der Waals surface area contributed by atoms with Gasteiger partial charge in [-0.1, -0.05) is 31.8 Å². The lowest BCUT2D eigenvalue weighted by molar-refractivity contribution is 0.324. The summed E-state index contributed by atoms with van der Waals surface area (Å²) in [6.45, 7) is 7.89. The number of aryl methyl sites for hydroxylation is 1. The summed E-state index contributed by atoms with van der Waals surface area (Å²) in [5.41, 5.74) is 0.985. The highest BCUT2D eigenvalue weighted by atomic mass is 16.5. The Balaban J connectivity index is 1.91. The van der Waals surface area contributed by atoms with Crippen molar-refractivity contribution in [3.63, 3.8) is 0 Å². The normalized spacial score (nSPS) is 23.1. The summed E-state index contributed by atoms with van der Waals surface area (Å²) in [4.78, 5) is 4.61. The van der Waals surface area contributed by atoms with Crippen LogP contribution in [0.2, 0.25) is 0 Å². The minimum absolute atomic E-state index is 0.532. The van der Waals surface area contributed by atoms with E-state index in [1.165, 1.54) is 25.7 Å². The van der Waals surface area contributed by atoms with Crippen LogP contribution in [0.15, 0.2) is 15.6 Å². The Labute approximate surface area is 127 Å².